The smallest absolute Gasteiger partial charge is 0.233 e. The number of anilines is 1. The summed E-state index contributed by atoms with van der Waals surface area (Å²) in [7, 11) is 0. The van der Waals surface area contributed by atoms with Crippen LogP contribution in [0.5, 0.6) is 5.75 Å². The fourth-order valence-electron chi connectivity index (χ4n) is 2.70. The molecule has 1 atom stereocenters. The van der Waals surface area contributed by atoms with Crippen molar-refractivity contribution in [2.24, 2.45) is 0 Å². The maximum absolute atomic E-state index is 12.6. The van der Waals surface area contributed by atoms with Gasteiger partial charge in [0.2, 0.25) is 11.0 Å². The Balaban J connectivity index is 1.70. The predicted molar refractivity (Wildman–Crippen MR) is 105 cm³/mol. The minimum atomic E-state index is -0.200. The highest BCUT2D eigenvalue weighted by Crippen LogP contribution is 2.29. The zero-order valence-corrected chi connectivity index (χ0v) is 15.6. The summed E-state index contributed by atoms with van der Waals surface area (Å²) in [6.07, 6.45) is 0.723. The Morgan fingerprint density at radius 2 is 1.81 bits per heavy atom. The standard InChI is InChI=1S/C20H21N3O2S/c1-3-17(14-8-6-5-7-9-14)18(24)21-20-23-22-19(26-20)15-10-12-16(13-11-15)25-4-2/h5-13,17H,3-4H2,1-2H3,(H,21,23,24). The molecule has 5 nitrogen and oxygen atoms in total. The SMILES string of the molecule is CCOc1ccc(-c2nnc(NC(=O)C(CC)c3ccccc3)s2)cc1. The average Bonchev–Trinajstić information content (AvgIpc) is 3.12. The second-order valence-electron chi connectivity index (χ2n) is 5.73. The third kappa shape index (κ3) is 4.26. The molecule has 0 saturated carbocycles. The summed E-state index contributed by atoms with van der Waals surface area (Å²) in [6, 6.07) is 17.5. The van der Waals surface area contributed by atoms with Crippen molar-refractivity contribution in [3.63, 3.8) is 0 Å². The van der Waals surface area contributed by atoms with Gasteiger partial charge >= 0.3 is 0 Å². The molecule has 0 aliphatic carbocycles. The van der Waals surface area contributed by atoms with Gasteiger partial charge in [-0.05, 0) is 43.2 Å². The van der Waals surface area contributed by atoms with Crippen LogP contribution in [-0.4, -0.2) is 22.7 Å². The summed E-state index contributed by atoms with van der Waals surface area (Å²) in [5.74, 6) is 0.560. The number of carbonyl (C=O) groups excluding carboxylic acids is 1. The molecule has 0 aliphatic heterocycles. The Morgan fingerprint density at radius 1 is 1.08 bits per heavy atom. The van der Waals surface area contributed by atoms with Crippen LogP contribution in [0.25, 0.3) is 10.6 Å². The van der Waals surface area contributed by atoms with Crippen molar-refractivity contribution in [1.82, 2.24) is 10.2 Å². The fraction of sp³-hybridized carbons (Fsp3) is 0.250. The molecule has 3 rings (SSSR count). The van der Waals surface area contributed by atoms with E-state index in [9.17, 15) is 4.79 Å². The molecule has 2 aromatic carbocycles. The van der Waals surface area contributed by atoms with Crippen LogP contribution in [0.1, 0.15) is 31.7 Å². The van der Waals surface area contributed by atoms with Gasteiger partial charge in [0, 0.05) is 5.56 Å². The molecule has 3 aromatic rings. The van der Waals surface area contributed by atoms with Crippen molar-refractivity contribution in [3.05, 3.63) is 60.2 Å². The van der Waals surface area contributed by atoms with E-state index >= 15 is 0 Å². The number of nitrogens with zero attached hydrogens (tertiary/aromatic N) is 2. The van der Waals surface area contributed by atoms with Crippen molar-refractivity contribution < 1.29 is 9.53 Å². The number of amides is 1. The summed E-state index contributed by atoms with van der Waals surface area (Å²) in [4.78, 5) is 12.6. The fourth-order valence-corrected chi connectivity index (χ4v) is 3.45. The molecular weight excluding hydrogens is 346 g/mol. The quantitative estimate of drug-likeness (QED) is 0.655. The molecule has 0 saturated heterocycles. The van der Waals surface area contributed by atoms with Gasteiger partial charge in [0.15, 0.2) is 0 Å². The normalized spacial score (nSPS) is 11.8. The van der Waals surface area contributed by atoms with Gasteiger partial charge in [-0.1, -0.05) is 48.6 Å². The van der Waals surface area contributed by atoms with Crippen molar-refractivity contribution in [3.8, 4) is 16.3 Å². The Morgan fingerprint density at radius 3 is 2.46 bits per heavy atom. The number of hydrogen-bond donors (Lipinski definition) is 1. The highest BCUT2D eigenvalue weighted by Gasteiger charge is 2.20. The molecule has 6 heteroatoms. The monoisotopic (exact) mass is 367 g/mol. The highest BCUT2D eigenvalue weighted by atomic mass is 32.1. The summed E-state index contributed by atoms with van der Waals surface area (Å²) in [6.45, 7) is 4.59. The van der Waals surface area contributed by atoms with Crippen molar-refractivity contribution in [1.29, 1.82) is 0 Å². The van der Waals surface area contributed by atoms with Gasteiger partial charge in [-0.25, -0.2) is 0 Å². The van der Waals surface area contributed by atoms with Crippen LogP contribution >= 0.6 is 11.3 Å². The Kier molecular flexibility index (Phi) is 5.96. The van der Waals surface area contributed by atoms with Crippen LogP contribution in [0, 0.1) is 0 Å². The topological polar surface area (TPSA) is 64.1 Å². The third-order valence-corrected chi connectivity index (χ3v) is 4.88. The molecule has 0 aliphatic rings. The van der Waals surface area contributed by atoms with Crippen LogP contribution in [0.2, 0.25) is 0 Å². The molecule has 0 radical (unpaired) electrons. The number of rotatable bonds is 7. The van der Waals surface area contributed by atoms with Crippen LogP contribution < -0.4 is 10.1 Å². The van der Waals surface area contributed by atoms with E-state index < -0.39 is 0 Å². The van der Waals surface area contributed by atoms with E-state index in [2.05, 4.69) is 15.5 Å². The van der Waals surface area contributed by atoms with E-state index in [1.165, 1.54) is 11.3 Å². The van der Waals surface area contributed by atoms with Gasteiger partial charge in [-0.3, -0.25) is 10.1 Å². The van der Waals surface area contributed by atoms with Crippen molar-refractivity contribution in [2.75, 3.05) is 11.9 Å². The van der Waals surface area contributed by atoms with Crippen LogP contribution in [0.15, 0.2) is 54.6 Å². The van der Waals surface area contributed by atoms with Gasteiger partial charge in [0.1, 0.15) is 10.8 Å². The number of carbonyl (C=O) groups is 1. The molecule has 1 heterocycles. The summed E-state index contributed by atoms with van der Waals surface area (Å²) in [5.41, 5.74) is 1.95. The summed E-state index contributed by atoms with van der Waals surface area (Å²) >= 11 is 1.36. The van der Waals surface area contributed by atoms with Crippen LogP contribution in [-0.2, 0) is 4.79 Å². The van der Waals surface area contributed by atoms with Gasteiger partial charge in [-0.15, -0.1) is 10.2 Å². The third-order valence-electron chi connectivity index (χ3n) is 3.99. The van der Waals surface area contributed by atoms with E-state index in [1.807, 2.05) is 68.4 Å². The Labute approximate surface area is 157 Å². The molecule has 0 bridgehead atoms. The maximum atomic E-state index is 12.6. The molecular formula is C20H21N3O2S. The van der Waals surface area contributed by atoms with Crippen molar-refractivity contribution in [2.45, 2.75) is 26.2 Å². The number of aromatic nitrogens is 2. The van der Waals surface area contributed by atoms with Gasteiger partial charge in [0.25, 0.3) is 0 Å². The molecule has 0 fully saturated rings. The average molecular weight is 367 g/mol. The number of benzene rings is 2. The molecule has 26 heavy (non-hydrogen) atoms. The minimum absolute atomic E-state index is 0.0620. The Hall–Kier alpha value is -2.73. The molecule has 1 amide bonds. The first-order chi connectivity index (χ1) is 12.7. The lowest BCUT2D eigenvalue weighted by molar-refractivity contribution is -0.117. The van der Waals surface area contributed by atoms with Crippen molar-refractivity contribution >= 4 is 22.4 Å². The number of nitrogens with one attached hydrogen (secondary N) is 1. The molecule has 1 unspecified atom stereocenters. The largest absolute Gasteiger partial charge is 0.494 e. The van der Waals surface area contributed by atoms with E-state index in [1.54, 1.807) is 0 Å². The second kappa shape index (κ2) is 8.58. The molecule has 1 N–H and O–H groups in total. The zero-order chi connectivity index (χ0) is 18.4. The van der Waals surface area contributed by atoms with Gasteiger partial charge < -0.3 is 4.74 Å². The van der Waals surface area contributed by atoms with Gasteiger partial charge in [0.05, 0.1) is 12.5 Å². The summed E-state index contributed by atoms with van der Waals surface area (Å²) < 4.78 is 5.45. The predicted octanol–water partition coefficient (Wildman–Crippen LogP) is 4.74. The maximum Gasteiger partial charge on any atom is 0.233 e. The molecule has 134 valence electrons. The molecule has 1 aromatic heterocycles. The highest BCUT2D eigenvalue weighted by molar-refractivity contribution is 7.18. The first kappa shape index (κ1) is 18.1. The summed E-state index contributed by atoms with van der Waals surface area (Å²) in [5, 5.41) is 12.5. The number of ether oxygens (including phenoxy) is 1. The first-order valence-corrected chi connectivity index (χ1v) is 9.45. The van der Waals surface area contributed by atoms with E-state index in [4.69, 9.17) is 4.74 Å². The van der Waals surface area contributed by atoms with Crippen LogP contribution in [0.4, 0.5) is 5.13 Å². The van der Waals surface area contributed by atoms with E-state index in [-0.39, 0.29) is 11.8 Å². The first-order valence-electron chi connectivity index (χ1n) is 8.63. The van der Waals surface area contributed by atoms with E-state index in [0.29, 0.717) is 11.7 Å². The van der Waals surface area contributed by atoms with Crippen LogP contribution in [0.3, 0.4) is 0 Å². The minimum Gasteiger partial charge on any atom is -0.494 e. The van der Waals surface area contributed by atoms with Gasteiger partial charge in [-0.2, -0.15) is 0 Å². The Bertz CT molecular complexity index is 847. The van der Waals surface area contributed by atoms with E-state index in [0.717, 1.165) is 28.3 Å². The lowest BCUT2D eigenvalue weighted by atomic mass is 9.96. The lowest BCUT2D eigenvalue weighted by Gasteiger charge is -2.13. The zero-order valence-electron chi connectivity index (χ0n) is 14.8. The second-order valence-corrected chi connectivity index (χ2v) is 6.71. The molecule has 0 spiro atoms. The number of hydrogen-bond acceptors (Lipinski definition) is 5. The lowest BCUT2D eigenvalue weighted by Crippen LogP contribution is -2.20.